The zero-order chi connectivity index (χ0) is 19.5. The lowest BCUT2D eigenvalue weighted by Gasteiger charge is -2.19. The van der Waals surface area contributed by atoms with Crippen molar-refractivity contribution in [3.8, 4) is 5.75 Å². The molecule has 2 aromatic carbocycles. The molecular formula is C17H18F2N2O4S. The number of rotatable bonds is 6. The molecule has 0 saturated carbocycles. The van der Waals surface area contributed by atoms with Gasteiger partial charge >= 0.3 is 0 Å². The number of amides is 1. The molecule has 0 unspecified atom stereocenters. The number of likely N-dealkylation sites (N-methyl/N-ethyl adjacent to an activating group) is 1. The Kier molecular flexibility index (Phi) is 5.94. The smallest absolute Gasteiger partial charge is 0.246 e. The van der Waals surface area contributed by atoms with Crippen LogP contribution < -0.4 is 10.1 Å². The third-order valence-corrected chi connectivity index (χ3v) is 5.40. The molecule has 0 aliphatic carbocycles. The molecule has 0 aliphatic rings. The zero-order valence-electron chi connectivity index (χ0n) is 14.4. The normalized spacial score (nSPS) is 11.5. The van der Waals surface area contributed by atoms with E-state index in [9.17, 15) is 22.0 Å². The summed E-state index contributed by atoms with van der Waals surface area (Å²) in [5.41, 5.74) is 0.733. The number of halogens is 2. The van der Waals surface area contributed by atoms with E-state index in [1.54, 1.807) is 13.0 Å². The first-order chi connectivity index (χ1) is 12.1. The van der Waals surface area contributed by atoms with E-state index in [-0.39, 0.29) is 16.3 Å². The van der Waals surface area contributed by atoms with E-state index >= 15 is 0 Å². The second-order valence-electron chi connectivity index (χ2n) is 5.59. The highest BCUT2D eigenvalue weighted by Crippen LogP contribution is 2.27. The van der Waals surface area contributed by atoms with Crippen LogP contribution >= 0.6 is 0 Å². The molecule has 0 aromatic heterocycles. The van der Waals surface area contributed by atoms with E-state index in [1.165, 1.54) is 32.4 Å². The fourth-order valence-electron chi connectivity index (χ4n) is 2.22. The Bertz CT molecular complexity index is 932. The molecule has 0 heterocycles. The largest absolute Gasteiger partial charge is 0.495 e. The van der Waals surface area contributed by atoms with Gasteiger partial charge in [-0.1, -0.05) is 6.07 Å². The summed E-state index contributed by atoms with van der Waals surface area (Å²) in [6.07, 6.45) is 0. The first kappa shape index (κ1) is 19.8. The zero-order valence-corrected chi connectivity index (χ0v) is 15.2. The summed E-state index contributed by atoms with van der Waals surface area (Å²) in [6.45, 7) is 1.21. The van der Waals surface area contributed by atoms with Gasteiger partial charge in [-0.05, 0) is 36.8 Å². The van der Waals surface area contributed by atoms with Gasteiger partial charge in [0.25, 0.3) is 0 Å². The van der Waals surface area contributed by atoms with Crippen LogP contribution in [0, 0.1) is 18.6 Å². The summed E-state index contributed by atoms with van der Waals surface area (Å²) in [5, 5.41) is 2.32. The fraction of sp³-hybridized carbons (Fsp3) is 0.235. The van der Waals surface area contributed by atoms with Crippen LogP contribution in [-0.4, -0.2) is 39.3 Å². The summed E-state index contributed by atoms with van der Waals surface area (Å²) in [5.74, 6) is -2.71. The molecule has 0 bridgehead atoms. The van der Waals surface area contributed by atoms with Gasteiger partial charge in [0.1, 0.15) is 10.6 Å². The number of nitrogens with zero attached hydrogens (tertiary/aromatic N) is 1. The van der Waals surface area contributed by atoms with Crippen molar-refractivity contribution in [2.24, 2.45) is 0 Å². The summed E-state index contributed by atoms with van der Waals surface area (Å²) >= 11 is 0. The molecule has 0 saturated heterocycles. The van der Waals surface area contributed by atoms with Gasteiger partial charge in [0.05, 0.1) is 13.7 Å². The van der Waals surface area contributed by atoms with E-state index in [2.05, 4.69) is 5.32 Å². The van der Waals surface area contributed by atoms with Crippen LogP contribution in [0.25, 0.3) is 0 Å². The van der Waals surface area contributed by atoms with E-state index in [0.29, 0.717) is 5.56 Å². The Balaban J connectivity index is 2.17. The monoisotopic (exact) mass is 384 g/mol. The first-order valence-electron chi connectivity index (χ1n) is 7.51. The van der Waals surface area contributed by atoms with Crippen molar-refractivity contribution in [2.75, 3.05) is 26.0 Å². The Morgan fingerprint density at radius 3 is 2.46 bits per heavy atom. The van der Waals surface area contributed by atoms with Crippen LogP contribution in [0.15, 0.2) is 41.3 Å². The van der Waals surface area contributed by atoms with E-state index in [1.807, 2.05) is 0 Å². The predicted molar refractivity (Wildman–Crippen MR) is 92.5 cm³/mol. The number of anilines is 1. The number of hydrogen-bond donors (Lipinski definition) is 1. The number of nitrogens with one attached hydrogen (secondary N) is 1. The summed E-state index contributed by atoms with van der Waals surface area (Å²) in [4.78, 5) is 12.0. The predicted octanol–water partition coefficient (Wildman–Crippen LogP) is 2.54. The molecule has 26 heavy (non-hydrogen) atoms. The molecule has 0 radical (unpaired) electrons. The van der Waals surface area contributed by atoms with Crippen molar-refractivity contribution < 1.29 is 26.7 Å². The van der Waals surface area contributed by atoms with Gasteiger partial charge in [0.2, 0.25) is 15.9 Å². The molecule has 2 aromatic rings. The number of carbonyl (C=O) groups excluding carboxylic acids is 1. The molecule has 0 aliphatic heterocycles. The van der Waals surface area contributed by atoms with Crippen LogP contribution in [0.5, 0.6) is 5.75 Å². The van der Waals surface area contributed by atoms with Crippen molar-refractivity contribution in [1.82, 2.24) is 4.31 Å². The minimum atomic E-state index is -3.99. The average molecular weight is 384 g/mol. The van der Waals surface area contributed by atoms with Gasteiger partial charge in [-0.25, -0.2) is 17.2 Å². The van der Waals surface area contributed by atoms with Crippen LogP contribution in [0.4, 0.5) is 14.5 Å². The lowest BCUT2D eigenvalue weighted by Crippen LogP contribution is -2.35. The van der Waals surface area contributed by atoms with Gasteiger partial charge < -0.3 is 10.1 Å². The molecule has 0 fully saturated rings. The van der Waals surface area contributed by atoms with Crippen molar-refractivity contribution in [3.63, 3.8) is 0 Å². The van der Waals surface area contributed by atoms with Crippen molar-refractivity contribution in [3.05, 3.63) is 53.6 Å². The molecule has 9 heteroatoms. The second kappa shape index (κ2) is 7.79. The number of sulfonamides is 1. The molecular weight excluding hydrogens is 366 g/mol. The first-order valence-corrected chi connectivity index (χ1v) is 8.95. The maximum atomic E-state index is 13.2. The number of hydrogen-bond acceptors (Lipinski definition) is 4. The van der Waals surface area contributed by atoms with Crippen LogP contribution in [-0.2, 0) is 14.8 Å². The number of aryl methyl sites for hydroxylation is 1. The van der Waals surface area contributed by atoms with Crippen LogP contribution in [0.3, 0.4) is 0 Å². The van der Waals surface area contributed by atoms with E-state index in [0.717, 1.165) is 16.4 Å². The van der Waals surface area contributed by atoms with Crippen molar-refractivity contribution >= 4 is 21.6 Å². The molecule has 0 spiro atoms. The number of carbonyl (C=O) groups is 1. The molecule has 0 atom stereocenters. The maximum Gasteiger partial charge on any atom is 0.246 e. The minimum Gasteiger partial charge on any atom is -0.495 e. The topological polar surface area (TPSA) is 75.7 Å². The van der Waals surface area contributed by atoms with Crippen molar-refractivity contribution in [2.45, 2.75) is 11.8 Å². The third kappa shape index (κ3) is 4.36. The fourth-order valence-corrected chi connectivity index (χ4v) is 3.58. The highest BCUT2D eigenvalue weighted by molar-refractivity contribution is 7.89. The second-order valence-corrected chi connectivity index (χ2v) is 7.61. The number of benzene rings is 2. The molecule has 2 rings (SSSR count). The number of methoxy groups -OCH3 is 1. The summed E-state index contributed by atoms with van der Waals surface area (Å²) in [7, 11) is -1.41. The van der Waals surface area contributed by atoms with E-state index in [4.69, 9.17) is 4.74 Å². The van der Waals surface area contributed by atoms with E-state index < -0.39 is 34.1 Å². The van der Waals surface area contributed by atoms with Gasteiger partial charge in [0.15, 0.2) is 11.6 Å². The Morgan fingerprint density at radius 2 is 1.85 bits per heavy atom. The molecule has 1 amide bonds. The Morgan fingerprint density at radius 1 is 1.15 bits per heavy atom. The minimum absolute atomic E-state index is 0.0211. The Labute approximate surface area is 150 Å². The van der Waals surface area contributed by atoms with Crippen LogP contribution in [0.1, 0.15) is 5.56 Å². The van der Waals surface area contributed by atoms with Crippen molar-refractivity contribution in [1.29, 1.82) is 0 Å². The summed E-state index contributed by atoms with van der Waals surface area (Å²) < 4.78 is 57.4. The lowest BCUT2D eigenvalue weighted by atomic mass is 10.2. The number of ether oxygens (including phenoxy) is 1. The van der Waals surface area contributed by atoms with Gasteiger partial charge in [-0.3, -0.25) is 4.79 Å². The lowest BCUT2D eigenvalue weighted by molar-refractivity contribution is -0.116. The quantitative estimate of drug-likeness (QED) is 0.831. The summed E-state index contributed by atoms with van der Waals surface area (Å²) in [6, 6.07) is 7.52. The average Bonchev–Trinajstić information content (AvgIpc) is 2.58. The standard InChI is InChI=1S/C17H18F2N2O4S/c1-11-4-7-15(25-3)16(8-11)26(23,24)21(2)10-17(22)20-12-5-6-13(18)14(19)9-12/h4-9H,10H2,1-3H3,(H,20,22). The molecule has 1 N–H and O–H groups in total. The van der Waals surface area contributed by atoms with Gasteiger partial charge in [-0.15, -0.1) is 0 Å². The Hall–Kier alpha value is -2.52. The molecule has 6 nitrogen and oxygen atoms in total. The van der Waals surface area contributed by atoms with Crippen LogP contribution in [0.2, 0.25) is 0 Å². The third-order valence-electron chi connectivity index (χ3n) is 3.58. The maximum absolute atomic E-state index is 13.2. The highest BCUT2D eigenvalue weighted by Gasteiger charge is 2.26. The van der Waals surface area contributed by atoms with Gasteiger partial charge in [-0.2, -0.15) is 4.31 Å². The molecule has 140 valence electrons. The van der Waals surface area contributed by atoms with Gasteiger partial charge in [0, 0.05) is 18.8 Å². The highest BCUT2D eigenvalue weighted by atomic mass is 32.2. The SMILES string of the molecule is COc1ccc(C)cc1S(=O)(=O)N(C)CC(=O)Nc1ccc(F)c(F)c1.